The molecule has 124 valence electrons. The zero-order valence-electron chi connectivity index (χ0n) is 12.8. The summed E-state index contributed by atoms with van der Waals surface area (Å²) in [5, 5.41) is 13.8. The number of carboxylic acid groups (broad SMARTS) is 1. The molecule has 3 aromatic rings. The molecule has 0 spiro atoms. The smallest absolute Gasteiger partial charge is 0.335 e. The number of aryl methyl sites for hydroxylation is 1. The minimum absolute atomic E-state index is 0.0110. The highest BCUT2D eigenvalue weighted by Crippen LogP contribution is 2.22. The fourth-order valence-corrected chi connectivity index (χ4v) is 3.85. The lowest BCUT2D eigenvalue weighted by atomic mass is 10.1. The van der Waals surface area contributed by atoms with Gasteiger partial charge < -0.3 is 5.11 Å². The lowest BCUT2D eigenvalue weighted by Gasteiger charge is -2.08. The van der Waals surface area contributed by atoms with Gasteiger partial charge >= 0.3 is 5.97 Å². The molecule has 2 N–H and O–H groups in total. The van der Waals surface area contributed by atoms with E-state index < -0.39 is 16.0 Å². The zero-order valence-corrected chi connectivity index (χ0v) is 13.6. The maximum absolute atomic E-state index is 12.6. The molecule has 0 fully saturated rings. The van der Waals surface area contributed by atoms with Crippen LogP contribution in [0.25, 0.3) is 10.9 Å². The molecule has 0 aliphatic heterocycles. The molecule has 0 atom stereocenters. The van der Waals surface area contributed by atoms with E-state index in [0.29, 0.717) is 16.5 Å². The molecule has 8 heteroatoms. The summed E-state index contributed by atoms with van der Waals surface area (Å²) in [5.74, 6) is -1.06. The summed E-state index contributed by atoms with van der Waals surface area (Å²) in [4.78, 5) is 11.0. The lowest BCUT2D eigenvalue weighted by molar-refractivity contribution is 0.0696. The Morgan fingerprint density at radius 3 is 2.71 bits per heavy atom. The quantitative estimate of drug-likeness (QED) is 0.733. The molecule has 0 unspecified atom stereocenters. The number of benzene rings is 2. The normalized spacial score (nSPS) is 11.7. The molecule has 0 saturated heterocycles. The van der Waals surface area contributed by atoms with Crippen molar-refractivity contribution in [1.82, 2.24) is 14.5 Å². The Hall–Kier alpha value is -2.71. The van der Waals surface area contributed by atoms with Crippen LogP contribution in [0, 0.1) is 0 Å². The number of nitrogens with zero attached hydrogens (tertiary/aromatic N) is 2. The highest BCUT2D eigenvalue weighted by atomic mass is 32.2. The fourth-order valence-electron chi connectivity index (χ4n) is 2.50. The average Bonchev–Trinajstić information content (AvgIpc) is 2.90. The van der Waals surface area contributed by atoms with E-state index in [-0.39, 0.29) is 17.1 Å². The number of carbonyl (C=O) groups is 1. The van der Waals surface area contributed by atoms with Crippen LogP contribution >= 0.6 is 0 Å². The SMILES string of the molecule is Cn1nc2ccccc2c1S(=O)(=O)NCc1cccc(C(=O)O)c1. The first-order chi connectivity index (χ1) is 11.4. The second kappa shape index (κ2) is 6.06. The topological polar surface area (TPSA) is 101 Å². The molecule has 24 heavy (non-hydrogen) atoms. The van der Waals surface area contributed by atoms with E-state index in [2.05, 4.69) is 9.82 Å². The third-order valence-electron chi connectivity index (χ3n) is 3.58. The standard InChI is InChI=1S/C16H15N3O4S/c1-19-15(13-7-2-3-8-14(13)18-19)24(22,23)17-10-11-5-4-6-12(9-11)16(20)21/h2-9,17H,10H2,1H3,(H,20,21). The van der Waals surface area contributed by atoms with E-state index >= 15 is 0 Å². The molecule has 1 heterocycles. The predicted molar refractivity (Wildman–Crippen MR) is 88.1 cm³/mol. The molecular formula is C16H15N3O4S. The highest BCUT2D eigenvalue weighted by Gasteiger charge is 2.22. The van der Waals surface area contributed by atoms with Gasteiger partial charge in [-0.1, -0.05) is 24.3 Å². The van der Waals surface area contributed by atoms with E-state index in [4.69, 9.17) is 5.11 Å². The third-order valence-corrected chi connectivity index (χ3v) is 5.10. The van der Waals surface area contributed by atoms with Gasteiger partial charge in [-0.25, -0.2) is 17.9 Å². The minimum Gasteiger partial charge on any atom is -0.478 e. The number of aromatic nitrogens is 2. The molecule has 2 aromatic carbocycles. The van der Waals surface area contributed by atoms with Crippen molar-refractivity contribution in [3.63, 3.8) is 0 Å². The molecule has 0 aliphatic carbocycles. The van der Waals surface area contributed by atoms with Crippen molar-refractivity contribution in [2.75, 3.05) is 0 Å². The lowest BCUT2D eigenvalue weighted by Crippen LogP contribution is -2.25. The van der Waals surface area contributed by atoms with Crippen molar-refractivity contribution in [3.05, 3.63) is 59.7 Å². The summed E-state index contributed by atoms with van der Waals surface area (Å²) >= 11 is 0. The summed E-state index contributed by atoms with van der Waals surface area (Å²) in [7, 11) is -2.23. The van der Waals surface area contributed by atoms with Crippen LogP contribution in [0.3, 0.4) is 0 Å². The largest absolute Gasteiger partial charge is 0.478 e. The first-order valence-electron chi connectivity index (χ1n) is 7.12. The van der Waals surface area contributed by atoms with E-state index in [1.54, 1.807) is 43.4 Å². The summed E-state index contributed by atoms with van der Waals surface area (Å²) in [5.41, 5.74) is 1.26. The van der Waals surface area contributed by atoms with Crippen molar-refractivity contribution < 1.29 is 18.3 Å². The number of hydrogen-bond acceptors (Lipinski definition) is 4. The number of rotatable bonds is 5. The Bertz CT molecular complexity index is 1020. The van der Waals surface area contributed by atoms with E-state index in [1.165, 1.54) is 16.8 Å². The highest BCUT2D eigenvalue weighted by molar-refractivity contribution is 7.89. The van der Waals surface area contributed by atoms with Crippen LogP contribution in [0.4, 0.5) is 0 Å². The fraction of sp³-hybridized carbons (Fsp3) is 0.125. The third kappa shape index (κ3) is 3.01. The van der Waals surface area contributed by atoms with Crippen LogP contribution in [0.1, 0.15) is 15.9 Å². The van der Waals surface area contributed by atoms with Gasteiger partial charge in [0.1, 0.15) is 0 Å². The Kier molecular flexibility index (Phi) is 4.08. The Balaban J connectivity index is 1.90. The molecule has 0 aliphatic rings. The summed E-state index contributed by atoms with van der Waals surface area (Å²) < 4.78 is 29.1. The van der Waals surface area contributed by atoms with E-state index in [9.17, 15) is 13.2 Å². The van der Waals surface area contributed by atoms with Crippen LogP contribution < -0.4 is 4.72 Å². The number of sulfonamides is 1. The van der Waals surface area contributed by atoms with Crippen molar-refractivity contribution in [2.45, 2.75) is 11.6 Å². The van der Waals surface area contributed by atoms with Crippen LogP contribution in [-0.2, 0) is 23.6 Å². The van der Waals surface area contributed by atoms with Crippen LogP contribution in [0.5, 0.6) is 0 Å². The monoisotopic (exact) mass is 345 g/mol. The van der Waals surface area contributed by atoms with E-state index in [0.717, 1.165) is 0 Å². The van der Waals surface area contributed by atoms with Gasteiger partial charge in [-0.15, -0.1) is 0 Å². The zero-order chi connectivity index (χ0) is 17.3. The van der Waals surface area contributed by atoms with Crippen molar-refractivity contribution >= 4 is 26.9 Å². The summed E-state index contributed by atoms with van der Waals surface area (Å²) in [6, 6.07) is 13.1. The van der Waals surface area contributed by atoms with Gasteiger partial charge in [0, 0.05) is 19.0 Å². The maximum Gasteiger partial charge on any atom is 0.335 e. The van der Waals surface area contributed by atoms with Crippen LogP contribution in [-0.4, -0.2) is 29.3 Å². The number of nitrogens with one attached hydrogen (secondary N) is 1. The first-order valence-corrected chi connectivity index (χ1v) is 8.60. The molecule has 0 radical (unpaired) electrons. The Morgan fingerprint density at radius 2 is 1.96 bits per heavy atom. The Morgan fingerprint density at radius 1 is 1.21 bits per heavy atom. The van der Waals surface area contributed by atoms with Gasteiger partial charge in [-0.05, 0) is 29.8 Å². The molecule has 0 bridgehead atoms. The second-order valence-corrected chi connectivity index (χ2v) is 6.96. The van der Waals surface area contributed by atoms with Gasteiger partial charge in [0.2, 0.25) is 0 Å². The molecule has 0 amide bonds. The number of hydrogen-bond donors (Lipinski definition) is 2. The molecule has 1 aromatic heterocycles. The summed E-state index contributed by atoms with van der Waals surface area (Å²) in [6.45, 7) is -0.0110. The minimum atomic E-state index is -3.80. The molecule has 7 nitrogen and oxygen atoms in total. The predicted octanol–water partition coefficient (Wildman–Crippen LogP) is 1.75. The van der Waals surface area contributed by atoms with E-state index in [1.807, 2.05) is 0 Å². The van der Waals surface area contributed by atoms with Crippen molar-refractivity contribution in [3.8, 4) is 0 Å². The second-order valence-electron chi connectivity index (χ2n) is 5.28. The Labute approximate surface area is 138 Å². The van der Waals surface area contributed by atoms with Crippen molar-refractivity contribution in [2.24, 2.45) is 7.05 Å². The molecule has 0 saturated carbocycles. The van der Waals surface area contributed by atoms with Gasteiger partial charge in [-0.2, -0.15) is 5.10 Å². The van der Waals surface area contributed by atoms with Crippen LogP contribution in [0.2, 0.25) is 0 Å². The van der Waals surface area contributed by atoms with Crippen LogP contribution in [0.15, 0.2) is 53.6 Å². The van der Waals surface area contributed by atoms with Gasteiger partial charge in [-0.3, -0.25) is 4.68 Å². The van der Waals surface area contributed by atoms with Crippen molar-refractivity contribution in [1.29, 1.82) is 0 Å². The number of fused-ring (bicyclic) bond motifs is 1. The average molecular weight is 345 g/mol. The summed E-state index contributed by atoms with van der Waals surface area (Å²) in [6.07, 6.45) is 0. The molecule has 3 rings (SSSR count). The van der Waals surface area contributed by atoms with Gasteiger partial charge in [0.05, 0.1) is 11.1 Å². The van der Waals surface area contributed by atoms with Gasteiger partial charge in [0.25, 0.3) is 10.0 Å². The number of aromatic carboxylic acids is 1. The number of carboxylic acids is 1. The van der Waals surface area contributed by atoms with Gasteiger partial charge in [0.15, 0.2) is 5.03 Å². The molecular weight excluding hydrogens is 330 g/mol. The first kappa shape index (κ1) is 16.2. The maximum atomic E-state index is 12.6.